The maximum absolute atomic E-state index is 12.2. The summed E-state index contributed by atoms with van der Waals surface area (Å²) < 4.78 is 13.2. The van der Waals surface area contributed by atoms with Gasteiger partial charge in [-0.05, 0) is 12.0 Å². The van der Waals surface area contributed by atoms with Crippen LogP contribution in [0.2, 0.25) is 0 Å². The second-order valence-corrected chi connectivity index (χ2v) is 5.70. The van der Waals surface area contributed by atoms with E-state index < -0.39 is 0 Å². The summed E-state index contributed by atoms with van der Waals surface area (Å²) in [6.45, 7) is 1.63. The zero-order chi connectivity index (χ0) is 16.1. The Morgan fingerprint density at radius 2 is 2.26 bits per heavy atom. The molecule has 2 aromatic rings. The van der Waals surface area contributed by atoms with E-state index >= 15 is 0 Å². The maximum Gasteiger partial charge on any atom is 0.271 e. The summed E-state index contributed by atoms with van der Waals surface area (Å²) in [5, 5.41) is 2.97. The zero-order valence-corrected chi connectivity index (χ0v) is 13.1. The number of rotatable bonds is 5. The lowest BCUT2D eigenvalue weighted by molar-refractivity contribution is -0.0605. The molecule has 1 aromatic heterocycles. The van der Waals surface area contributed by atoms with Crippen molar-refractivity contribution in [1.29, 1.82) is 0 Å². The number of hydrogen-bond donors (Lipinski definition) is 1. The molecule has 0 spiro atoms. The summed E-state index contributed by atoms with van der Waals surface area (Å²) in [5.74, 6) is -0.200. The fraction of sp³-hybridized carbons (Fsp3) is 0.412. The first kappa shape index (κ1) is 15.7. The van der Waals surface area contributed by atoms with Gasteiger partial charge in [-0.3, -0.25) is 4.79 Å². The number of amides is 1. The van der Waals surface area contributed by atoms with Gasteiger partial charge in [0.05, 0.1) is 31.7 Å². The van der Waals surface area contributed by atoms with Gasteiger partial charge in [0.2, 0.25) is 0 Å². The molecule has 6 nitrogen and oxygen atoms in total. The molecule has 3 rings (SSSR count). The Morgan fingerprint density at radius 3 is 3.00 bits per heavy atom. The molecule has 1 aliphatic heterocycles. The first-order valence-corrected chi connectivity index (χ1v) is 7.74. The zero-order valence-electron chi connectivity index (χ0n) is 13.1. The fourth-order valence-electron chi connectivity index (χ4n) is 2.60. The molecular weight excluding hydrogens is 294 g/mol. The van der Waals surface area contributed by atoms with Crippen LogP contribution in [0.5, 0.6) is 0 Å². The van der Waals surface area contributed by atoms with Crippen LogP contribution in [0.4, 0.5) is 0 Å². The molecule has 0 aliphatic carbocycles. The van der Waals surface area contributed by atoms with Gasteiger partial charge in [0.1, 0.15) is 5.69 Å². The molecule has 122 valence electrons. The molecule has 2 atom stereocenters. The number of nitrogens with zero attached hydrogens (tertiary/aromatic N) is 2. The average molecular weight is 315 g/mol. The molecule has 0 radical (unpaired) electrons. The van der Waals surface area contributed by atoms with Crippen molar-refractivity contribution in [3.05, 3.63) is 54.1 Å². The molecule has 0 unspecified atom stereocenters. The molecule has 1 saturated heterocycles. The number of aryl methyl sites for hydroxylation is 1. The number of nitrogens with one attached hydrogen (secondary N) is 1. The van der Waals surface area contributed by atoms with Gasteiger partial charge in [-0.15, -0.1) is 0 Å². The lowest BCUT2D eigenvalue weighted by Crippen LogP contribution is -2.50. The van der Waals surface area contributed by atoms with E-state index in [0.29, 0.717) is 25.5 Å². The van der Waals surface area contributed by atoms with Crippen LogP contribution in [0, 0.1) is 0 Å². The van der Waals surface area contributed by atoms with Crippen LogP contribution in [0.15, 0.2) is 42.9 Å². The largest absolute Gasteiger partial charge is 0.379 e. The third kappa shape index (κ3) is 4.18. The maximum atomic E-state index is 12.2. The molecule has 1 N–H and O–H groups in total. The number of aromatic nitrogens is 2. The number of ether oxygens (including phenoxy) is 2. The van der Waals surface area contributed by atoms with Crippen LogP contribution >= 0.6 is 0 Å². The van der Waals surface area contributed by atoms with Crippen molar-refractivity contribution in [2.45, 2.75) is 25.2 Å². The summed E-state index contributed by atoms with van der Waals surface area (Å²) >= 11 is 0. The summed E-state index contributed by atoms with van der Waals surface area (Å²) in [6, 6.07) is 9.85. The van der Waals surface area contributed by atoms with Crippen LogP contribution in [-0.2, 0) is 23.1 Å². The van der Waals surface area contributed by atoms with Crippen molar-refractivity contribution in [3.63, 3.8) is 0 Å². The van der Waals surface area contributed by atoms with Gasteiger partial charge < -0.3 is 19.4 Å². The van der Waals surface area contributed by atoms with Crippen molar-refractivity contribution in [2.24, 2.45) is 7.05 Å². The highest BCUT2D eigenvalue weighted by Gasteiger charge is 2.28. The predicted octanol–water partition coefficient (Wildman–Crippen LogP) is 1.52. The first-order chi connectivity index (χ1) is 11.2. The molecule has 0 bridgehead atoms. The van der Waals surface area contributed by atoms with Crippen molar-refractivity contribution in [2.75, 3.05) is 13.2 Å². The van der Waals surface area contributed by atoms with Gasteiger partial charge in [0.25, 0.3) is 5.91 Å². The van der Waals surface area contributed by atoms with Crippen molar-refractivity contribution in [1.82, 2.24) is 14.9 Å². The number of imidazole rings is 1. The van der Waals surface area contributed by atoms with Gasteiger partial charge in [0, 0.05) is 19.9 Å². The van der Waals surface area contributed by atoms with E-state index in [4.69, 9.17) is 9.47 Å². The topological polar surface area (TPSA) is 65.4 Å². The molecule has 1 fully saturated rings. The quantitative estimate of drug-likeness (QED) is 0.908. The minimum Gasteiger partial charge on any atom is -0.379 e. The monoisotopic (exact) mass is 315 g/mol. The lowest BCUT2D eigenvalue weighted by Gasteiger charge is -2.32. The molecule has 0 saturated carbocycles. The van der Waals surface area contributed by atoms with E-state index in [1.807, 2.05) is 37.4 Å². The van der Waals surface area contributed by atoms with Crippen molar-refractivity contribution < 1.29 is 14.3 Å². The highest BCUT2D eigenvalue weighted by atomic mass is 16.5. The Bertz CT molecular complexity index is 642. The molecule has 1 aliphatic rings. The number of carbonyl (C=O) groups excluding carboxylic acids is 1. The van der Waals surface area contributed by atoms with Crippen LogP contribution < -0.4 is 5.32 Å². The Balaban J connectivity index is 1.58. The molecule has 6 heteroatoms. The smallest absolute Gasteiger partial charge is 0.271 e. The minimum atomic E-state index is -0.200. The van der Waals surface area contributed by atoms with Gasteiger partial charge in [-0.1, -0.05) is 30.3 Å². The van der Waals surface area contributed by atoms with E-state index in [0.717, 1.165) is 12.0 Å². The van der Waals surface area contributed by atoms with E-state index in [2.05, 4.69) is 10.3 Å². The van der Waals surface area contributed by atoms with E-state index in [1.54, 1.807) is 17.1 Å². The molecule has 1 amide bonds. The Morgan fingerprint density at radius 1 is 1.43 bits per heavy atom. The Labute approximate surface area is 135 Å². The highest BCUT2D eigenvalue weighted by Crippen LogP contribution is 2.15. The van der Waals surface area contributed by atoms with Crippen LogP contribution in [0.3, 0.4) is 0 Å². The predicted molar refractivity (Wildman–Crippen MR) is 84.9 cm³/mol. The number of carbonyl (C=O) groups is 1. The van der Waals surface area contributed by atoms with Gasteiger partial charge in [0.15, 0.2) is 0 Å². The second kappa shape index (κ2) is 7.39. The molecular formula is C17H21N3O3. The van der Waals surface area contributed by atoms with Crippen LogP contribution in [0.1, 0.15) is 22.5 Å². The Hall–Kier alpha value is -2.18. The lowest BCUT2D eigenvalue weighted by atomic mass is 10.1. The minimum absolute atomic E-state index is 0.0587. The van der Waals surface area contributed by atoms with Crippen molar-refractivity contribution in [3.8, 4) is 0 Å². The third-order valence-electron chi connectivity index (χ3n) is 3.85. The van der Waals surface area contributed by atoms with Crippen molar-refractivity contribution >= 4 is 5.91 Å². The summed E-state index contributed by atoms with van der Waals surface area (Å²) in [7, 11) is 1.83. The summed E-state index contributed by atoms with van der Waals surface area (Å²) in [5.41, 5.74) is 1.52. The van der Waals surface area contributed by atoms with Crippen LogP contribution in [-0.4, -0.2) is 40.8 Å². The summed E-state index contributed by atoms with van der Waals surface area (Å²) in [6.07, 6.45) is 4.01. The molecule has 2 heterocycles. The van der Waals surface area contributed by atoms with E-state index in [1.165, 1.54) is 0 Å². The molecule has 23 heavy (non-hydrogen) atoms. The molecule has 1 aromatic carbocycles. The number of benzene rings is 1. The standard InChI is InChI=1S/C17H21N3O3/c1-20-9-14(18-12-20)17(21)19-15-11-22-8-7-16(15)23-10-13-5-3-2-4-6-13/h2-6,9,12,15-16H,7-8,10-11H2,1H3,(H,19,21)/t15-,16+/m1/s1. The average Bonchev–Trinajstić information content (AvgIpc) is 3.02. The Kier molecular flexibility index (Phi) is 5.05. The first-order valence-electron chi connectivity index (χ1n) is 7.74. The second-order valence-electron chi connectivity index (χ2n) is 5.70. The van der Waals surface area contributed by atoms with Gasteiger partial charge in [-0.25, -0.2) is 4.98 Å². The number of hydrogen-bond acceptors (Lipinski definition) is 4. The van der Waals surface area contributed by atoms with Gasteiger partial charge in [-0.2, -0.15) is 0 Å². The highest BCUT2D eigenvalue weighted by molar-refractivity contribution is 5.92. The summed E-state index contributed by atoms with van der Waals surface area (Å²) in [4.78, 5) is 16.3. The third-order valence-corrected chi connectivity index (χ3v) is 3.85. The van der Waals surface area contributed by atoms with Gasteiger partial charge >= 0.3 is 0 Å². The van der Waals surface area contributed by atoms with E-state index in [-0.39, 0.29) is 18.1 Å². The van der Waals surface area contributed by atoms with Crippen LogP contribution in [0.25, 0.3) is 0 Å². The van der Waals surface area contributed by atoms with E-state index in [9.17, 15) is 4.79 Å². The normalized spacial score (nSPS) is 21.1. The fourth-order valence-corrected chi connectivity index (χ4v) is 2.60. The SMILES string of the molecule is Cn1cnc(C(=O)N[C@@H]2COCC[C@@H]2OCc2ccccc2)c1.